The summed E-state index contributed by atoms with van der Waals surface area (Å²) in [6, 6.07) is 32.0. The molecule has 0 aliphatic rings. The van der Waals surface area contributed by atoms with E-state index in [0.717, 1.165) is 0 Å². The number of hydrogen-bond acceptors (Lipinski definition) is 2. The Labute approximate surface area is 142 Å². The third-order valence-electron chi connectivity index (χ3n) is 3.85. The average molecular weight is 396 g/mol. The molecular weight excluding hydrogens is 378 g/mol. The minimum atomic E-state index is -2.31. The van der Waals surface area contributed by atoms with E-state index in [0.29, 0.717) is 0 Å². The topological polar surface area (TPSA) is 24.1 Å². The van der Waals surface area contributed by atoms with Crippen LogP contribution in [0.25, 0.3) is 0 Å². The van der Waals surface area contributed by atoms with E-state index in [9.17, 15) is 0 Å². The van der Waals surface area contributed by atoms with Gasteiger partial charge in [0, 0.05) is 0 Å². The molecule has 0 heterocycles. The van der Waals surface area contributed by atoms with Crippen LogP contribution in [-0.2, 0) is 18.5 Å². The van der Waals surface area contributed by atoms with Crippen molar-refractivity contribution in [3.63, 3.8) is 0 Å². The summed E-state index contributed by atoms with van der Waals surface area (Å²) >= 11 is 2.77. The van der Waals surface area contributed by atoms with Crippen molar-refractivity contribution in [3.05, 3.63) is 91.0 Å². The zero-order valence-corrected chi connectivity index (χ0v) is 14.6. The van der Waals surface area contributed by atoms with E-state index in [4.69, 9.17) is 0 Å². The van der Waals surface area contributed by atoms with Gasteiger partial charge in [-0.25, -0.2) is 0 Å². The van der Waals surface area contributed by atoms with E-state index in [1.54, 1.807) is 0 Å². The minimum absolute atomic E-state index is 1.32. The number of nitrogens with one attached hydrogen (secondary N) is 2. The predicted octanol–water partition coefficient (Wildman–Crippen LogP) is 2.18. The third-order valence-corrected chi connectivity index (χ3v) is 8.52. The summed E-state index contributed by atoms with van der Waals surface area (Å²) in [6.07, 6.45) is 0. The second-order valence-electron chi connectivity index (χ2n) is 5.06. The van der Waals surface area contributed by atoms with Gasteiger partial charge in [-0.05, 0) is 0 Å². The van der Waals surface area contributed by atoms with Crippen molar-refractivity contribution in [2.75, 3.05) is 0 Å². The molecule has 0 fully saturated rings. The Balaban J connectivity index is 2.29. The molecule has 0 radical (unpaired) electrons. The molecule has 22 heavy (non-hydrogen) atoms. The van der Waals surface area contributed by atoms with E-state index in [1.165, 1.54) is 15.9 Å². The zero-order chi connectivity index (χ0) is 15.3. The van der Waals surface area contributed by atoms with E-state index in [-0.39, 0.29) is 0 Å². The van der Waals surface area contributed by atoms with Gasteiger partial charge in [0.05, 0.1) is 0 Å². The van der Waals surface area contributed by atoms with Crippen LogP contribution in [0.3, 0.4) is 0 Å². The van der Waals surface area contributed by atoms with Crippen molar-refractivity contribution >= 4 is 23.3 Å². The Kier molecular flexibility index (Phi) is 5.13. The number of hydrogen-bond donors (Lipinski definition) is 2. The van der Waals surface area contributed by atoms with Gasteiger partial charge >= 0.3 is 142 Å². The molecule has 2 N–H and O–H groups in total. The van der Waals surface area contributed by atoms with Crippen LogP contribution < -0.4 is 25.3 Å². The maximum absolute atomic E-state index is 3.58. The number of rotatable bonds is 5. The third kappa shape index (κ3) is 2.91. The van der Waals surface area contributed by atoms with Gasteiger partial charge in [-0.1, -0.05) is 0 Å². The van der Waals surface area contributed by atoms with Gasteiger partial charge in [-0.2, -0.15) is 0 Å². The quantitative estimate of drug-likeness (QED) is 0.393. The van der Waals surface area contributed by atoms with E-state index in [2.05, 4.69) is 119 Å². The van der Waals surface area contributed by atoms with Crippen molar-refractivity contribution in [2.24, 2.45) is 0 Å². The van der Waals surface area contributed by atoms with Gasteiger partial charge in [0.2, 0.25) is 0 Å². The van der Waals surface area contributed by atoms with Crippen molar-refractivity contribution in [2.45, 2.75) is 0 Å². The second kappa shape index (κ2) is 7.26. The molecule has 0 bridgehead atoms. The van der Waals surface area contributed by atoms with Crippen molar-refractivity contribution in [3.8, 4) is 0 Å². The molecular formula is C18H18N2PRh. The van der Waals surface area contributed by atoms with Crippen LogP contribution in [0.5, 0.6) is 0 Å². The number of benzene rings is 3. The fourth-order valence-corrected chi connectivity index (χ4v) is 7.40. The molecule has 0 aliphatic heterocycles. The first kappa shape index (κ1) is 15.5. The van der Waals surface area contributed by atoms with E-state index >= 15 is 0 Å². The van der Waals surface area contributed by atoms with Crippen LogP contribution in [0.15, 0.2) is 91.0 Å². The molecule has 0 aromatic heterocycles. The van der Waals surface area contributed by atoms with Crippen LogP contribution in [-0.4, -0.2) is 0 Å². The van der Waals surface area contributed by atoms with E-state index in [1.807, 2.05) is 0 Å². The average Bonchev–Trinajstić information content (AvgIpc) is 2.62. The van der Waals surface area contributed by atoms with Gasteiger partial charge < -0.3 is 0 Å². The Morgan fingerprint density at radius 2 is 0.864 bits per heavy atom. The Morgan fingerprint density at radius 3 is 1.14 bits per heavy atom. The van der Waals surface area contributed by atoms with Crippen LogP contribution >= 0.6 is 7.41 Å². The normalized spacial score (nSPS) is 12.1. The molecule has 0 spiro atoms. The molecule has 0 saturated carbocycles. The van der Waals surface area contributed by atoms with Crippen LogP contribution in [0.4, 0.5) is 0 Å². The van der Waals surface area contributed by atoms with Crippen molar-refractivity contribution in [1.82, 2.24) is 9.36 Å². The van der Waals surface area contributed by atoms with Crippen LogP contribution in [0, 0.1) is 0 Å². The fourth-order valence-electron chi connectivity index (χ4n) is 2.84. The molecule has 3 rings (SSSR count). The standard InChI is InChI=1S/C18H18N2P.Rh/c19-20-21(16-10-4-1-5-11-16,17-12-6-2-7-13-17)18-14-8-3-9-15-18;/h1-15,19-21H;/q-1;+1. The maximum atomic E-state index is 3.58. The molecule has 0 unspecified atom stereocenters. The summed E-state index contributed by atoms with van der Waals surface area (Å²) in [5.41, 5.74) is 0. The molecule has 114 valence electrons. The molecule has 0 aliphatic carbocycles. The molecule has 0 atom stereocenters. The SMILES string of the molecule is [Rh][NH]N[PH](c1ccccc1)(c1ccccc1)c1ccccc1. The summed E-state index contributed by atoms with van der Waals surface area (Å²) in [5.74, 6) is 0. The van der Waals surface area contributed by atoms with Crippen LogP contribution in [0.1, 0.15) is 0 Å². The monoisotopic (exact) mass is 396 g/mol. The number of hydrazine groups is 1. The van der Waals surface area contributed by atoms with Gasteiger partial charge in [-0.3, -0.25) is 0 Å². The Hall–Kier alpha value is -1.37. The van der Waals surface area contributed by atoms with Crippen molar-refractivity contribution < 1.29 is 18.5 Å². The zero-order valence-electron chi connectivity index (χ0n) is 12.0. The van der Waals surface area contributed by atoms with Gasteiger partial charge in [-0.15, -0.1) is 0 Å². The van der Waals surface area contributed by atoms with Crippen molar-refractivity contribution in [1.29, 1.82) is 0 Å². The summed E-state index contributed by atoms with van der Waals surface area (Å²) in [4.78, 5) is 0. The first-order valence-corrected chi connectivity index (χ1v) is 9.97. The summed E-state index contributed by atoms with van der Waals surface area (Å²) in [6.45, 7) is 0. The molecule has 0 saturated heterocycles. The second-order valence-corrected chi connectivity index (χ2v) is 8.95. The summed E-state index contributed by atoms with van der Waals surface area (Å²) in [5, 5.41) is 7.54. The van der Waals surface area contributed by atoms with Crippen LogP contribution in [0.2, 0.25) is 0 Å². The Morgan fingerprint density at radius 1 is 0.545 bits per heavy atom. The predicted molar refractivity (Wildman–Crippen MR) is 92.8 cm³/mol. The first-order chi connectivity index (χ1) is 10.9. The first-order valence-electron chi connectivity index (χ1n) is 7.15. The molecule has 2 nitrogen and oxygen atoms in total. The molecule has 0 amide bonds. The Bertz CT molecular complexity index is 608. The molecule has 4 heteroatoms. The van der Waals surface area contributed by atoms with Gasteiger partial charge in [0.1, 0.15) is 0 Å². The molecule has 3 aromatic rings. The van der Waals surface area contributed by atoms with E-state index < -0.39 is 7.41 Å². The van der Waals surface area contributed by atoms with Gasteiger partial charge in [0.25, 0.3) is 0 Å². The van der Waals surface area contributed by atoms with Gasteiger partial charge in [0.15, 0.2) is 0 Å². The fraction of sp³-hybridized carbons (Fsp3) is 0. The summed E-state index contributed by atoms with van der Waals surface area (Å²) < 4.78 is 3.11. The molecule has 3 aromatic carbocycles. The summed E-state index contributed by atoms with van der Waals surface area (Å²) in [7, 11) is -2.31.